The van der Waals surface area contributed by atoms with Crippen LogP contribution < -0.4 is 11.5 Å². The number of piperidine rings is 1. The molecule has 1 aliphatic heterocycles. The van der Waals surface area contributed by atoms with E-state index in [4.69, 9.17) is 16.2 Å². The Kier molecular flexibility index (Phi) is 4.80. The molecule has 0 aliphatic carbocycles. The molecular formula is C15H21N3O3. The molecule has 2 rings (SSSR count). The molecule has 0 saturated carbocycles. The largest absolute Gasteiger partial charge is 0.445 e. The number of amides is 2. The first-order valence-corrected chi connectivity index (χ1v) is 7.01. The van der Waals surface area contributed by atoms with Crippen molar-refractivity contribution in [2.45, 2.75) is 31.4 Å². The molecule has 0 radical (unpaired) electrons. The van der Waals surface area contributed by atoms with Gasteiger partial charge in [0.2, 0.25) is 5.91 Å². The van der Waals surface area contributed by atoms with Crippen LogP contribution in [0.1, 0.15) is 24.8 Å². The molecule has 6 heteroatoms. The fraction of sp³-hybridized carbons (Fsp3) is 0.467. The minimum Gasteiger partial charge on any atom is -0.445 e. The first-order valence-electron chi connectivity index (χ1n) is 7.01. The molecule has 1 aromatic rings. The number of ether oxygens (including phenoxy) is 1. The van der Waals surface area contributed by atoms with Gasteiger partial charge in [0.15, 0.2) is 0 Å². The van der Waals surface area contributed by atoms with Crippen LogP contribution in [0.25, 0.3) is 0 Å². The lowest BCUT2D eigenvalue weighted by Gasteiger charge is -2.39. The molecule has 6 nitrogen and oxygen atoms in total. The van der Waals surface area contributed by atoms with E-state index in [2.05, 4.69) is 0 Å². The molecule has 1 heterocycles. The van der Waals surface area contributed by atoms with Crippen molar-refractivity contribution < 1.29 is 14.3 Å². The summed E-state index contributed by atoms with van der Waals surface area (Å²) >= 11 is 0. The highest BCUT2D eigenvalue weighted by Gasteiger charge is 2.35. The van der Waals surface area contributed by atoms with Crippen molar-refractivity contribution >= 4 is 12.0 Å². The molecule has 21 heavy (non-hydrogen) atoms. The Balaban J connectivity index is 1.88. The third-order valence-electron chi connectivity index (χ3n) is 3.60. The highest BCUT2D eigenvalue weighted by molar-refractivity contribution is 5.75. The van der Waals surface area contributed by atoms with E-state index in [0.29, 0.717) is 19.5 Å². The number of rotatable bonds is 4. The fourth-order valence-corrected chi connectivity index (χ4v) is 2.62. The summed E-state index contributed by atoms with van der Waals surface area (Å²) in [7, 11) is 0. The average Bonchev–Trinajstić information content (AvgIpc) is 2.44. The average molecular weight is 291 g/mol. The summed E-state index contributed by atoms with van der Waals surface area (Å²) in [5, 5.41) is 0. The molecule has 1 aromatic carbocycles. The number of carbonyl (C=O) groups excluding carboxylic acids is 2. The summed E-state index contributed by atoms with van der Waals surface area (Å²) in [6.07, 6.45) is 1.09. The second kappa shape index (κ2) is 6.58. The molecule has 0 bridgehead atoms. The Hall–Kier alpha value is -2.08. The summed E-state index contributed by atoms with van der Waals surface area (Å²) in [4.78, 5) is 24.7. The maximum atomic E-state index is 12.1. The monoisotopic (exact) mass is 291 g/mol. The number of primary amides is 1. The normalized spacial score (nSPS) is 21.9. The topological polar surface area (TPSA) is 98.6 Å². The zero-order valence-electron chi connectivity index (χ0n) is 12.0. The van der Waals surface area contributed by atoms with Gasteiger partial charge in [0.1, 0.15) is 6.61 Å². The van der Waals surface area contributed by atoms with Crippen LogP contribution in [0.3, 0.4) is 0 Å². The molecule has 114 valence electrons. The van der Waals surface area contributed by atoms with Crippen molar-refractivity contribution in [3.05, 3.63) is 35.9 Å². The molecule has 1 fully saturated rings. The van der Waals surface area contributed by atoms with Gasteiger partial charge in [-0.2, -0.15) is 0 Å². The number of benzene rings is 1. The van der Waals surface area contributed by atoms with Crippen molar-refractivity contribution in [1.29, 1.82) is 0 Å². The molecule has 1 aliphatic rings. The van der Waals surface area contributed by atoms with Crippen LogP contribution in [-0.2, 0) is 16.1 Å². The lowest BCUT2D eigenvalue weighted by molar-refractivity contribution is -0.119. The first kappa shape index (κ1) is 15.3. The lowest BCUT2D eigenvalue weighted by atomic mass is 9.87. The van der Waals surface area contributed by atoms with Gasteiger partial charge >= 0.3 is 6.09 Å². The van der Waals surface area contributed by atoms with E-state index < -0.39 is 17.5 Å². The molecule has 1 atom stereocenters. The molecule has 1 unspecified atom stereocenters. The van der Waals surface area contributed by atoms with E-state index in [1.165, 1.54) is 0 Å². The van der Waals surface area contributed by atoms with Crippen molar-refractivity contribution in [3.63, 3.8) is 0 Å². The Bertz CT molecular complexity index is 506. The summed E-state index contributed by atoms with van der Waals surface area (Å²) in [5.74, 6) is -0.447. The Morgan fingerprint density at radius 2 is 2.00 bits per heavy atom. The van der Waals surface area contributed by atoms with E-state index in [9.17, 15) is 9.59 Å². The number of nitrogens with zero attached hydrogens (tertiary/aromatic N) is 1. The summed E-state index contributed by atoms with van der Waals surface area (Å²) < 4.78 is 5.28. The van der Waals surface area contributed by atoms with Gasteiger partial charge in [0.25, 0.3) is 0 Å². The summed E-state index contributed by atoms with van der Waals surface area (Å²) in [6.45, 7) is 1.11. The smallest absolute Gasteiger partial charge is 0.410 e. The molecule has 4 N–H and O–H groups in total. The molecule has 0 aromatic heterocycles. The Labute approximate surface area is 124 Å². The number of carbonyl (C=O) groups is 2. The van der Waals surface area contributed by atoms with Gasteiger partial charge in [-0.25, -0.2) is 4.79 Å². The van der Waals surface area contributed by atoms with Crippen LogP contribution in [0.4, 0.5) is 4.79 Å². The molecule has 1 saturated heterocycles. The third-order valence-corrected chi connectivity index (χ3v) is 3.60. The summed E-state index contributed by atoms with van der Waals surface area (Å²) in [5.41, 5.74) is 11.5. The standard InChI is InChI=1S/C15H21N3O3/c16-13(19)9-15(17)7-4-8-18(11-15)14(20)21-10-12-5-2-1-3-6-12/h1-3,5-6H,4,7-11,17H2,(H2,16,19). The maximum absolute atomic E-state index is 12.1. The van der Waals surface area contributed by atoms with E-state index in [-0.39, 0.29) is 13.0 Å². The molecule has 0 spiro atoms. The van der Waals surface area contributed by atoms with Crippen LogP contribution in [-0.4, -0.2) is 35.5 Å². The zero-order valence-corrected chi connectivity index (χ0v) is 12.0. The maximum Gasteiger partial charge on any atom is 0.410 e. The van der Waals surface area contributed by atoms with Gasteiger partial charge in [0.05, 0.1) is 0 Å². The predicted molar refractivity (Wildman–Crippen MR) is 78.2 cm³/mol. The van der Waals surface area contributed by atoms with Crippen molar-refractivity contribution in [1.82, 2.24) is 4.90 Å². The van der Waals surface area contributed by atoms with Crippen LogP contribution in [0.5, 0.6) is 0 Å². The fourth-order valence-electron chi connectivity index (χ4n) is 2.62. The minimum atomic E-state index is -0.740. The van der Waals surface area contributed by atoms with E-state index in [0.717, 1.165) is 12.0 Å². The van der Waals surface area contributed by atoms with Gasteiger partial charge in [-0.3, -0.25) is 4.79 Å². The van der Waals surface area contributed by atoms with Crippen LogP contribution in [0.2, 0.25) is 0 Å². The van der Waals surface area contributed by atoms with Crippen LogP contribution in [0, 0.1) is 0 Å². The first-order chi connectivity index (χ1) is 9.98. The van der Waals surface area contributed by atoms with Crippen molar-refractivity contribution in [2.24, 2.45) is 11.5 Å². The van der Waals surface area contributed by atoms with E-state index in [1.54, 1.807) is 4.90 Å². The van der Waals surface area contributed by atoms with Gasteiger partial charge in [0, 0.05) is 25.0 Å². The SMILES string of the molecule is NC(=O)CC1(N)CCCN(C(=O)OCc2ccccc2)C1. The number of nitrogens with two attached hydrogens (primary N) is 2. The van der Waals surface area contributed by atoms with Crippen molar-refractivity contribution in [3.8, 4) is 0 Å². The van der Waals surface area contributed by atoms with E-state index >= 15 is 0 Å². The van der Waals surface area contributed by atoms with Gasteiger partial charge in [-0.15, -0.1) is 0 Å². The Morgan fingerprint density at radius 3 is 2.67 bits per heavy atom. The van der Waals surface area contributed by atoms with E-state index in [1.807, 2.05) is 30.3 Å². The molecular weight excluding hydrogens is 270 g/mol. The highest BCUT2D eigenvalue weighted by atomic mass is 16.6. The lowest BCUT2D eigenvalue weighted by Crippen LogP contribution is -2.57. The van der Waals surface area contributed by atoms with Crippen molar-refractivity contribution in [2.75, 3.05) is 13.1 Å². The second-order valence-corrected chi connectivity index (χ2v) is 5.57. The number of hydrogen-bond donors (Lipinski definition) is 2. The third kappa shape index (κ3) is 4.46. The zero-order chi connectivity index (χ0) is 15.3. The Morgan fingerprint density at radius 1 is 1.29 bits per heavy atom. The van der Waals surface area contributed by atoms with Gasteiger partial charge in [-0.1, -0.05) is 30.3 Å². The highest BCUT2D eigenvalue weighted by Crippen LogP contribution is 2.22. The second-order valence-electron chi connectivity index (χ2n) is 5.57. The van der Waals surface area contributed by atoms with Crippen LogP contribution >= 0.6 is 0 Å². The summed E-state index contributed by atoms with van der Waals surface area (Å²) in [6, 6.07) is 9.47. The number of hydrogen-bond acceptors (Lipinski definition) is 4. The van der Waals surface area contributed by atoms with Gasteiger partial charge in [-0.05, 0) is 18.4 Å². The van der Waals surface area contributed by atoms with Gasteiger partial charge < -0.3 is 21.1 Å². The number of likely N-dealkylation sites (tertiary alicyclic amines) is 1. The predicted octanol–water partition coefficient (Wildman–Crippen LogP) is 0.992. The molecule has 2 amide bonds. The van der Waals surface area contributed by atoms with Crippen LogP contribution in [0.15, 0.2) is 30.3 Å². The minimum absolute atomic E-state index is 0.0788. The quantitative estimate of drug-likeness (QED) is 0.864.